The van der Waals surface area contributed by atoms with E-state index in [9.17, 15) is 0 Å². The Labute approximate surface area is 58.7 Å². The van der Waals surface area contributed by atoms with E-state index in [-0.39, 0.29) is 6.15 Å². The highest BCUT2D eigenvalue weighted by atomic mass is 14.8. The van der Waals surface area contributed by atoms with Crippen molar-refractivity contribution in [3.05, 3.63) is 30.6 Å². The zero-order valence-electron chi connectivity index (χ0n) is 5.54. The number of fused-ring (bicyclic) bond motifs is 1. The van der Waals surface area contributed by atoms with Gasteiger partial charge in [0, 0.05) is 17.8 Å². The lowest BCUT2D eigenvalue weighted by Gasteiger charge is -1.82. The molecule has 0 saturated carbocycles. The number of H-pyrrole nitrogens is 1. The molecule has 2 heterocycles. The van der Waals surface area contributed by atoms with Crippen LogP contribution in [-0.2, 0) is 0 Å². The number of hydrogen-bond acceptors (Lipinski definition) is 2. The van der Waals surface area contributed by atoms with Gasteiger partial charge in [-0.25, -0.2) is 4.98 Å². The van der Waals surface area contributed by atoms with E-state index in [2.05, 4.69) is 9.97 Å². The van der Waals surface area contributed by atoms with Crippen LogP contribution in [-0.4, -0.2) is 9.97 Å². The van der Waals surface area contributed by atoms with Crippen molar-refractivity contribution >= 4 is 11.0 Å². The third kappa shape index (κ3) is 0.867. The number of rotatable bonds is 0. The van der Waals surface area contributed by atoms with Gasteiger partial charge >= 0.3 is 0 Å². The molecule has 0 fully saturated rings. The van der Waals surface area contributed by atoms with Gasteiger partial charge in [-0.1, -0.05) is 0 Å². The summed E-state index contributed by atoms with van der Waals surface area (Å²) in [6, 6.07) is 5.96. The van der Waals surface area contributed by atoms with Gasteiger partial charge in [0.1, 0.15) is 5.65 Å². The van der Waals surface area contributed by atoms with Gasteiger partial charge < -0.3 is 11.1 Å². The van der Waals surface area contributed by atoms with Crippen LogP contribution in [0.3, 0.4) is 0 Å². The molecule has 0 unspecified atom stereocenters. The molecule has 0 radical (unpaired) electrons. The number of nitrogens with zero attached hydrogens (tertiary/aromatic N) is 1. The summed E-state index contributed by atoms with van der Waals surface area (Å²) in [7, 11) is 0. The molecule has 10 heavy (non-hydrogen) atoms. The van der Waals surface area contributed by atoms with E-state index in [4.69, 9.17) is 0 Å². The molecular formula is C7H9N3. The largest absolute Gasteiger partial charge is 0.346 e. The fraction of sp³-hybridized carbons (Fsp3) is 0. The average molecular weight is 135 g/mol. The zero-order chi connectivity index (χ0) is 6.10. The van der Waals surface area contributed by atoms with Gasteiger partial charge in [0.05, 0.1) is 0 Å². The molecule has 0 aliphatic rings. The van der Waals surface area contributed by atoms with E-state index in [0.717, 1.165) is 11.0 Å². The summed E-state index contributed by atoms with van der Waals surface area (Å²) >= 11 is 0. The standard InChI is InChI=1S/C7H6N2.H3N/c1-2-6-3-5-9-7(6)8-4-1;/h1-5H,(H,8,9);1H3. The highest BCUT2D eigenvalue weighted by molar-refractivity contribution is 5.74. The maximum absolute atomic E-state index is 4.09. The molecule has 3 nitrogen and oxygen atoms in total. The van der Waals surface area contributed by atoms with Crippen molar-refractivity contribution in [2.24, 2.45) is 0 Å². The lowest BCUT2D eigenvalue weighted by Crippen LogP contribution is -1.70. The maximum Gasteiger partial charge on any atom is 0.137 e. The van der Waals surface area contributed by atoms with Crippen molar-refractivity contribution < 1.29 is 0 Å². The van der Waals surface area contributed by atoms with Crippen molar-refractivity contribution in [2.75, 3.05) is 0 Å². The normalized spacial score (nSPS) is 9.20. The van der Waals surface area contributed by atoms with Crippen LogP contribution in [0, 0.1) is 0 Å². The minimum atomic E-state index is 0. The highest BCUT2D eigenvalue weighted by Gasteiger charge is 1.88. The summed E-state index contributed by atoms with van der Waals surface area (Å²) in [5.41, 5.74) is 0.956. The molecule has 0 aromatic carbocycles. The molecule has 0 bridgehead atoms. The van der Waals surface area contributed by atoms with E-state index in [1.54, 1.807) is 6.20 Å². The van der Waals surface area contributed by atoms with Crippen LogP contribution < -0.4 is 6.15 Å². The Kier molecular flexibility index (Phi) is 1.69. The third-order valence-electron chi connectivity index (χ3n) is 1.32. The second-order valence-corrected chi connectivity index (χ2v) is 1.92. The van der Waals surface area contributed by atoms with Crippen molar-refractivity contribution in [1.82, 2.24) is 16.1 Å². The second-order valence-electron chi connectivity index (χ2n) is 1.92. The van der Waals surface area contributed by atoms with E-state index >= 15 is 0 Å². The molecule has 0 aliphatic heterocycles. The molecule has 0 aliphatic carbocycles. The Balaban J connectivity index is 0.000000500. The van der Waals surface area contributed by atoms with Crippen LogP contribution in [0.2, 0.25) is 0 Å². The summed E-state index contributed by atoms with van der Waals surface area (Å²) in [5.74, 6) is 0. The van der Waals surface area contributed by atoms with E-state index < -0.39 is 0 Å². The molecular weight excluding hydrogens is 126 g/mol. The first-order valence-electron chi connectivity index (χ1n) is 2.85. The first-order chi connectivity index (χ1) is 4.47. The van der Waals surface area contributed by atoms with Gasteiger partial charge in [0.25, 0.3) is 0 Å². The monoisotopic (exact) mass is 135 g/mol. The summed E-state index contributed by atoms with van der Waals surface area (Å²) in [6.45, 7) is 0. The number of pyridine rings is 1. The fourth-order valence-corrected chi connectivity index (χ4v) is 0.883. The Morgan fingerprint density at radius 3 is 3.00 bits per heavy atom. The fourth-order valence-electron chi connectivity index (χ4n) is 0.883. The van der Waals surface area contributed by atoms with Gasteiger partial charge in [0.15, 0.2) is 0 Å². The quantitative estimate of drug-likeness (QED) is 0.577. The third-order valence-corrected chi connectivity index (χ3v) is 1.32. The van der Waals surface area contributed by atoms with E-state index in [1.165, 1.54) is 0 Å². The van der Waals surface area contributed by atoms with E-state index in [0.29, 0.717) is 0 Å². The van der Waals surface area contributed by atoms with Gasteiger partial charge in [-0.3, -0.25) is 0 Å². The SMILES string of the molecule is N.c1cnc2[nH]ccc2c1. The molecule has 0 spiro atoms. The van der Waals surface area contributed by atoms with Gasteiger partial charge in [-0.05, 0) is 18.2 Å². The molecule has 3 heteroatoms. The van der Waals surface area contributed by atoms with Crippen LogP contribution in [0.15, 0.2) is 30.6 Å². The van der Waals surface area contributed by atoms with Crippen LogP contribution in [0.25, 0.3) is 11.0 Å². The molecule has 0 saturated heterocycles. The van der Waals surface area contributed by atoms with Crippen molar-refractivity contribution in [3.63, 3.8) is 0 Å². The van der Waals surface area contributed by atoms with Gasteiger partial charge in [0.2, 0.25) is 0 Å². The lowest BCUT2D eigenvalue weighted by molar-refractivity contribution is 1.33. The Morgan fingerprint density at radius 2 is 2.20 bits per heavy atom. The Morgan fingerprint density at radius 1 is 1.30 bits per heavy atom. The minimum Gasteiger partial charge on any atom is -0.346 e. The molecule has 2 rings (SSSR count). The Bertz CT molecular complexity index is 283. The maximum atomic E-state index is 4.09. The number of aromatic nitrogens is 2. The van der Waals surface area contributed by atoms with Gasteiger partial charge in [-0.2, -0.15) is 0 Å². The van der Waals surface area contributed by atoms with E-state index in [1.807, 2.05) is 24.4 Å². The summed E-state index contributed by atoms with van der Waals surface area (Å²) in [6.07, 6.45) is 3.66. The molecule has 0 amide bonds. The first-order valence-corrected chi connectivity index (χ1v) is 2.85. The van der Waals surface area contributed by atoms with Crippen LogP contribution in [0.4, 0.5) is 0 Å². The minimum absolute atomic E-state index is 0. The smallest absolute Gasteiger partial charge is 0.137 e. The number of aromatic amines is 1. The highest BCUT2D eigenvalue weighted by Crippen LogP contribution is 2.05. The second kappa shape index (κ2) is 2.49. The first kappa shape index (κ1) is 6.77. The predicted octanol–water partition coefficient (Wildman–Crippen LogP) is 1.72. The predicted molar refractivity (Wildman–Crippen MR) is 41.1 cm³/mol. The molecule has 0 atom stereocenters. The van der Waals surface area contributed by atoms with Crippen molar-refractivity contribution in [2.45, 2.75) is 0 Å². The van der Waals surface area contributed by atoms with Crippen LogP contribution in [0.1, 0.15) is 0 Å². The molecule has 52 valence electrons. The topological polar surface area (TPSA) is 63.7 Å². The molecule has 2 aromatic rings. The number of hydrogen-bond donors (Lipinski definition) is 2. The van der Waals surface area contributed by atoms with Crippen molar-refractivity contribution in [3.8, 4) is 0 Å². The summed E-state index contributed by atoms with van der Waals surface area (Å²) in [5, 5.41) is 1.16. The Hall–Kier alpha value is -1.35. The zero-order valence-corrected chi connectivity index (χ0v) is 5.54. The van der Waals surface area contributed by atoms with Crippen molar-refractivity contribution in [1.29, 1.82) is 0 Å². The van der Waals surface area contributed by atoms with Crippen LogP contribution >= 0.6 is 0 Å². The summed E-state index contributed by atoms with van der Waals surface area (Å²) < 4.78 is 0. The lowest BCUT2D eigenvalue weighted by atomic mass is 10.3. The average Bonchev–Trinajstić information content (AvgIpc) is 2.33. The molecule has 4 N–H and O–H groups in total. The molecule has 2 aromatic heterocycles. The van der Waals surface area contributed by atoms with Gasteiger partial charge in [-0.15, -0.1) is 0 Å². The number of nitrogens with one attached hydrogen (secondary N) is 1. The summed E-state index contributed by atoms with van der Waals surface area (Å²) in [4.78, 5) is 7.09. The van der Waals surface area contributed by atoms with Crippen LogP contribution in [0.5, 0.6) is 0 Å².